The van der Waals surface area contributed by atoms with Crippen LogP contribution in [0.5, 0.6) is 5.75 Å². The number of rotatable bonds is 5. The molecule has 1 aliphatic heterocycles. The molecular weight excluding hydrogens is 372 g/mol. The van der Waals surface area contributed by atoms with Crippen LogP contribution in [0.25, 0.3) is 0 Å². The zero-order valence-electron chi connectivity index (χ0n) is 14.4. The van der Waals surface area contributed by atoms with E-state index in [1.807, 2.05) is 0 Å². The molecule has 0 fully saturated rings. The number of nitrogens with one attached hydrogen (secondary N) is 1. The van der Waals surface area contributed by atoms with Crippen molar-refractivity contribution in [2.45, 2.75) is 9.79 Å². The second kappa shape index (κ2) is 7.51. The molecule has 0 saturated carbocycles. The topological polar surface area (TPSA) is 84.8 Å². The van der Waals surface area contributed by atoms with Gasteiger partial charge in [-0.05, 0) is 42.5 Å². The van der Waals surface area contributed by atoms with Crippen LogP contribution in [-0.4, -0.2) is 45.7 Å². The van der Waals surface area contributed by atoms with E-state index in [4.69, 9.17) is 4.74 Å². The van der Waals surface area contributed by atoms with E-state index in [-0.39, 0.29) is 12.3 Å². The Kier molecular flexibility index (Phi) is 5.33. The van der Waals surface area contributed by atoms with Gasteiger partial charge in [-0.3, -0.25) is 9.79 Å². The molecule has 0 spiro atoms. The number of benzene rings is 2. The lowest BCUT2D eigenvalue weighted by molar-refractivity contribution is 0.100. The number of anilines is 1. The van der Waals surface area contributed by atoms with E-state index in [2.05, 4.69) is 10.3 Å². The molecule has 1 N–H and O–H groups in total. The smallest absolute Gasteiger partial charge is 0.184 e. The Morgan fingerprint density at radius 1 is 1.23 bits per heavy atom. The highest BCUT2D eigenvalue weighted by Crippen LogP contribution is 2.33. The van der Waals surface area contributed by atoms with Crippen LogP contribution in [0, 0.1) is 0 Å². The Hall–Kier alpha value is -2.32. The highest BCUT2D eigenvalue weighted by Gasteiger charge is 2.17. The molecule has 6 nitrogen and oxygen atoms in total. The average molecular weight is 390 g/mol. The number of nitrogens with zero attached hydrogens (tertiary/aromatic N) is 1. The molecule has 0 radical (unpaired) electrons. The number of hydrogen-bond acceptors (Lipinski definition) is 6. The summed E-state index contributed by atoms with van der Waals surface area (Å²) in [5.41, 5.74) is 1.38. The Balaban J connectivity index is 1.69. The number of hydrogen-bond donors (Lipinski definition) is 1. The predicted molar refractivity (Wildman–Crippen MR) is 104 cm³/mol. The largest absolute Gasteiger partial charge is 0.497 e. The number of amidine groups is 1. The van der Waals surface area contributed by atoms with Gasteiger partial charge in [-0.1, -0.05) is 0 Å². The van der Waals surface area contributed by atoms with Crippen LogP contribution in [0.15, 0.2) is 57.2 Å². The minimum Gasteiger partial charge on any atom is -0.497 e. The molecule has 1 aliphatic rings. The maximum atomic E-state index is 12.2. The summed E-state index contributed by atoms with van der Waals surface area (Å²) in [6, 6.07) is 11.8. The van der Waals surface area contributed by atoms with Crippen LogP contribution in [0.1, 0.15) is 10.4 Å². The van der Waals surface area contributed by atoms with Gasteiger partial charge < -0.3 is 10.1 Å². The summed E-state index contributed by atoms with van der Waals surface area (Å²) in [7, 11) is -1.66. The second-order valence-corrected chi connectivity index (χ2v) is 8.79. The van der Waals surface area contributed by atoms with Crippen LogP contribution in [-0.2, 0) is 9.84 Å². The van der Waals surface area contributed by atoms with Crippen LogP contribution >= 0.6 is 11.8 Å². The molecule has 0 amide bonds. The molecule has 3 rings (SSSR count). The highest BCUT2D eigenvalue weighted by atomic mass is 32.2. The van der Waals surface area contributed by atoms with E-state index in [0.717, 1.165) is 10.6 Å². The third-order valence-corrected chi connectivity index (χ3v) is 6.03. The second-order valence-electron chi connectivity index (χ2n) is 5.76. The standard InChI is InChI=1S/C18H18N2O4S2/c1-24-13-5-3-12(4-6-13)16(21)10-19-18-11-25-17-9-14(26(2,22)23)7-8-15(17)20-18/h3-9H,10-11H2,1-2H3,(H,19,20). The number of sulfone groups is 1. The van der Waals surface area contributed by atoms with Gasteiger partial charge in [-0.2, -0.15) is 0 Å². The molecule has 0 aromatic heterocycles. The number of carbonyl (C=O) groups is 1. The van der Waals surface area contributed by atoms with Gasteiger partial charge in [0.1, 0.15) is 18.1 Å². The van der Waals surface area contributed by atoms with E-state index >= 15 is 0 Å². The summed E-state index contributed by atoms with van der Waals surface area (Å²) in [6.45, 7) is 0.0476. The van der Waals surface area contributed by atoms with Gasteiger partial charge in [0.2, 0.25) is 0 Å². The first-order valence-electron chi connectivity index (χ1n) is 7.81. The summed E-state index contributed by atoms with van der Waals surface area (Å²) in [6.07, 6.45) is 1.19. The third kappa shape index (κ3) is 4.25. The van der Waals surface area contributed by atoms with Gasteiger partial charge in [0.15, 0.2) is 15.6 Å². The van der Waals surface area contributed by atoms with Gasteiger partial charge in [-0.25, -0.2) is 8.42 Å². The predicted octanol–water partition coefficient (Wildman–Crippen LogP) is 2.90. The molecule has 136 valence electrons. The molecule has 2 aromatic carbocycles. The Morgan fingerprint density at radius 3 is 2.62 bits per heavy atom. The lowest BCUT2D eigenvalue weighted by atomic mass is 10.1. The summed E-state index contributed by atoms with van der Waals surface area (Å²) in [4.78, 5) is 17.7. The molecule has 0 aliphatic carbocycles. The first kappa shape index (κ1) is 18.5. The van der Waals surface area contributed by atoms with Crippen molar-refractivity contribution in [2.75, 3.05) is 31.0 Å². The number of thioether (sulfide) groups is 1. The Bertz CT molecular complexity index is 967. The van der Waals surface area contributed by atoms with E-state index in [9.17, 15) is 13.2 Å². The number of fused-ring (bicyclic) bond motifs is 1. The van der Waals surface area contributed by atoms with E-state index in [1.54, 1.807) is 49.6 Å². The molecule has 26 heavy (non-hydrogen) atoms. The number of ketones is 1. The number of methoxy groups -OCH3 is 1. The van der Waals surface area contributed by atoms with Gasteiger partial charge in [0.25, 0.3) is 0 Å². The normalized spacial score (nSPS) is 15.2. The van der Waals surface area contributed by atoms with Gasteiger partial charge >= 0.3 is 0 Å². The first-order chi connectivity index (χ1) is 12.4. The lowest BCUT2D eigenvalue weighted by Gasteiger charge is -2.19. The van der Waals surface area contributed by atoms with Crippen molar-refractivity contribution >= 4 is 38.9 Å². The van der Waals surface area contributed by atoms with Crippen molar-refractivity contribution in [3.63, 3.8) is 0 Å². The SMILES string of the molecule is COc1ccc(C(=O)CN=C2CSc3cc(S(C)(=O)=O)ccc3N2)cc1. The Morgan fingerprint density at radius 2 is 1.96 bits per heavy atom. The van der Waals surface area contributed by atoms with Gasteiger partial charge in [-0.15, -0.1) is 11.8 Å². The molecule has 1 heterocycles. The maximum absolute atomic E-state index is 12.2. The lowest BCUT2D eigenvalue weighted by Crippen LogP contribution is -2.21. The van der Waals surface area contributed by atoms with Crippen LogP contribution < -0.4 is 10.1 Å². The van der Waals surface area contributed by atoms with Crippen molar-refractivity contribution in [2.24, 2.45) is 4.99 Å². The van der Waals surface area contributed by atoms with Crippen molar-refractivity contribution in [3.8, 4) is 5.75 Å². The van der Waals surface area contributed by atoms with Crippen molar-refractivity contribution < 1.29 is 17.9 Å². The summed E-state index contributed by atoms with van der Waals surface area (Å²) in [5.74, 6) is 1.86. The number of ether oxygens (including phenoxy) is 1. The van der Waals surface area contributed by atoms with Crippen LogP contribution in [0.3, 0.4) is 0 Å². The third-order valence-electron chi connectivity index (χ3n) is 3.85. The van der Waals surface area contributed by atoms with Crippen LogP contribution in [0.4, 0.5) is 5.69 Å². The summed E-state index contributed by atoms with van der Waals surface area (Å²) >= 11 is 1.49. The monoisotopic (exact) mass is 390 g/mol. The average Bonchev–Trinajstić information content (AvgIpc) is 2.64. The summed E-state index contributed by atoms with van der Waals surface area (Å²) < 4.78 is 28.4. The van der Waals surface area contributed by atoms with Crippen LogP contribution in [0.2, 0.25) is 0 Å². The van der Waals surface area contributed by atoms with Crippen molar-refractivity contribution in [1.29, 1.82) is 0 Å². The number of aliphatic imine (C=N–C) groups is 1. The minimum absolute atomic E-state index is 0.0476. The van der Waals surface area contributed by atoms with Crippen molar-refractivity contribution in [1.82, 2.24) is 0 Å². The molecule has 0 saturated heterocycles. The van der Waals surface area contributed by atoms with E-state index < -0.39 is 9.84 Å². The number of carbonyl (C=O) groups excluding carboxylic acids is 1. The molecule has 0 atom stereocenters. The maximum Gasteiger partial charge on any atom is 0.184 e. The quantitative estimate of drug-likeness (QED) is 0.790. The summed E-state index contributed by atoms with van der Waals surface area (Å²) in [5, 5.41) is 3.16. The molecule has 0 unspecified atom stereocenters. The van der Waals surface area contributed by atoms with Crippen molar-refractivity contribution in [3.05, 3.63) is 48.0 Å². The fourth-order valence-corrected chi connectivity index (χ4v) is 4.08. The minimum atomic E-state index is -3.23. The zero-order valence-corrected chi connectivity index (χ0v) is 16.0. The zero-order chi connectivity index (χ0) is 18.7. The molecule has 0 bridgehead atoms. The van der Waals surface area contributed by atoms with Gasteiger partial charge in [0.05, 0.1) is 23.4 Å². The molecular formula is C18H18N2O4S2. The fraction of sp³-hybridized carbons (Fsp3) is 0.222. The number of Topliss-reactive ketones (excluding diaryl/α,β-unsaturated/α-hetero) is 1. The van der Waals surface area contributed by atoms with E-state index in [1.165, 1.54) is 18.0 Å². The highest BCUT2D eigenvalue weighted by molar-refractivity contribution is 8.00. The van der Waals surface area contributed by atoms with E-state index in [0.29, 0.717) is 27.8 Å². The molecule has 2 aromatic rings. The fourth-order valence-electron chi connectivity index (χ4n) is 2.41. The first-order valence-corrected chi connectivity index (χ1v) is 10.7. The van der Waals surface area contributed by atoms with Gasteiger partial charge in [0, 0.05) is 16.7 Å². The molecule has 8 heteroatoms. The Labute approximate surface area is 156 Å².